The fourth-order valence-corrected chi connectivity index (χ4v) is 2.93. The van der Waals surface area contributed by atoms with E-state index in [1.165, 1.54) is 7.11 Å². The summed E-state index contributed by atoms with van der Waals surface area (Å²) in [5.41, 5.74) is -2.02. The van der Waals surface area contributed by atoms with Crippen LogP contribution in [0.2, 0.25) is 5.02 Å². The monoisotopic (exact) mass is 379 g/mol. The molecule has 0 radical (unpaired) electrons. The summed E-state index contributed by atoms with van der Waals surface area (Å²) in [6.07, 6.45) is -3.93. The van der Waals surface area contributed by atoms with Crippen molar-refractivity contribution in [1.82, 2.24) is 4.98 Å². The Bertz CT molecular complexity index is 869. The second-order valence-corrected chi connectivity index (χ2v) is 5.86. The number of benzene rings is 1. The van der Waals surface area contributed by atoms with Crippen LogP contribution in [0.5, 0.6) is 5.75 Å². The molecule has 0 aliphatic heterocycles. The van der Waals surface area contributed by atoms with Crippen LogP contribution in [0, 0.1) is 22.7 Å². The van der Waals surface area contributed by atoms with Gasteiger partial charge in [0.1, 0.15) is 11.2 Å². The van der Waals surface area contributed by atoms with Crippen LogP contribution in [0.4, 0.5) is 13.2 Å². The van der Waals surface area contributed by atoms with Crippen molar-refractivity contribution in [1.29, 1.82) is 10.5 Å². The lowest BCUT2D eigenvalue weighted by atomic mass is 9.75. The number of ether oxygens (including phenoxy) is 1. The van der Waals surface area contributed by atoms with Gasteiger partial charge in [-0.15, -0.1) is 0 Å². The van der Waals surface area contributed by atoms with E-state index in [0.29, 0.717) is 17.5 Å². The average Bonchev–Trinajstić information content (AvgIpc) is 2.63. The van der Waals surface area contributed by atoms with Crippen LogP contribution in [-0.2, 0) is 11.6 Å². The number of alkyl halides is 3. The van der Waals surface area contributed by atoms with Gasteiger partial charge in [-0.2, -0.15) is 23.7 Å². The Morgan fingerprint density at radius 2 is 1.81 bits per heavy atom. The lowest BCUT2D eigenvalue weighted by Gasteiger charge is -2.27. The Morgan fingerprint density at radius 1 is 1.15 bits per heavy atom. The number of aromatic nitrogens is 1. The molecule has 26 heavy (non-hydrogen) atoms. The van der Waals surface area contributed by atoms with Crippen molar-refractivity contribution in [2.45, 2.75) is 24.4 Å². The summed E-state index contributed by atoms with van der Waals surface area (Å²) in [5.74, 6) is 0.548. The van der Waals surface area contributed by atoms with E-state index in [1.54, 1.807) is 24.3 Å². The summed E-state index contributed by atoms with van der Waals surface area (Å²) >= 11 is 6.06. The second kappa shape index (κ2) is 7.63. The van der Waals surface area contributed by atoms with Crippen molar-refractivity contribution in [2.24, 2.45) is 0 Å². The minimum absolute atomic E-state index is 0.00137. The summed E-state index contributed by atoms with van der Waals surface area (Å²) in [7, 11) is 1.48. The molecule has 8 heteroatoms. The van der Waals surface area contributed by atoms with Crippen molar-refractivity contribution >= 4 is 11.6 Å². The molecule has 0 N–H and O–H groups in total. The van der Waals surface area contributed by atoms with Gasteiger partial charge < -0.3 is 4.74 Å². The van der Waals surface area contributed by atoms with Crippen LogP contribution in [0.25, 0.3) is 0 Å². The molecule has 0 amide bonds. The third kappa shape index (κ3) is 3.74. The molecule has 1 aromatic heterocycles. The Hall–Kier alpha value is -2.77. The van der Waals surface area contributed by atoms with Crippen LogP contribution in [-0.4, -0.2) is 12.1 Å². The third-order valence-electron chi connectivity index (χ3n) is 3.96. The van der Waals surface area contributed by atoms with Gasteiger partial charge in [0.15, 0.2) is 0 Å². The van der Waals surface area contributed by atoms with E-state index < -0.39 is 17.2 Å². The average molecular weight is 380 g/mol. The molecular weight excluding hydrogens is 367 g/mol. The van der Waals surface area contributed by atoms with E-state index in [2.05, 4.69) is 11.1 Å². The van der Waals surface area contributed by atoms with Crippen molar-refractivity contribution in [3.05, 3.63) is 58.4 Å². The van der Waals surface area contributed by atoms with Crippen LogP contribution in [0.1, 0.15) is 29.7 Å². The van der Waals surface area contributed by atoms with Gasteiger partial charge in [0.05, 0.1) is 35.5 Å². The Morgan fingerprint density at radius 3 is 2.27 bits per heavy atom. The van der Waals surface area contributed by atoms with Gasteiger partial charge in [-0.05, 0) is 30.2 Å². The SMILES string of the molecule is COc1ccc([C@](C#N)(CCC#N)c2ncc(C(F)(F)F)cc2Cl)cc1. The molecule has 0 saturated carbocycles. The normalized spacial score (nSPS) is 13.3. The highest BCUT2D eigenvalue weighted by Gasteiger charge is 2.39. The van der Waals surface area contributed by atoms with Crippen molar-refractivity contribution < 1.29 is 17.9 Å². The lowest BCUT2D eigenvalue weighted by molar-refractivity contribution is -0.137. The van der Waals surface area contributed by atoms with E-state index in [4.69, 9.17) is 21.6 Å². The van der Waals surface area contributed by atoms with Crippen LogP contribution >= 0.6 is 11.6 Å². The maximum atomic E-state index is 12.9. The number of pyridine rings is 1. The number of rotatable bonds is 5. The van der Waals surface area contributed by atoms with Crippen LogP contribution in [0.15, 0.2) is 36.5 Å². The molecular formula is C18H13ClF3N3O. The fraction of sp³-hybridized carbons (Fsp3) is 0.278. The van der Waals surface area contributed by atoms with Crippen molar-refractivity contribution in [3.63, 3.8) is 0 Å². The van der Waals surface area contributed by atoms with E-state index in [0.717, 1.165) is 6.07 Å². The van der Waals surface area contributed by atoms with Crippen LogP contribution < -0.4 is 4.74 Å². The zero-order valence-electron chi connectivity index (χ0n) is 13.6. The van der Waals surface area contributed by atoms with E-state index in [1.807, 2.05) is 6.07 Å². The predicted octanol–water partition coefficient (Wildman–Crippen LogP) is 4.88. The Kier molecular flexibility index (Phi) is 5.74. The van der Waals surface area contributed by atoms with Gasteiger partial charge in [0.2, 0.25) is 0 Å². The topological polar surface area (TPSA) is 69.7 Å². The maximum absolute atomic E-state index is 12.9. The second-order valence-electron chi connectivity index (χ2n) is 5.46. The van der Waals surface area contributed by atoms with E-state index in [9.17, 15) is 18.4 Å². The summed E-state index contributed by atoms with van der Waals surface area (Å²) in [6.45, 7) is 0. The van der Waals surface area contributed by atoms with E-state index in [-0.39, 0.29) is 23.6 Å². The van der Waals surface area contributed by atoms with Gasteiger partial charge in [-0.1, -0.05) is 23.7 Å². The van der Waals surface area contributed by atoms with Crippen molar-refractivity contribution in [3.8, 4) is 17.9 Å². The summed E-state index contributed by atoms with van der Waals surface area (Å²) in [5, 5.41) is 18.5. The zero-order valence-corrected chi connectivity index (χ0v) is 14.4. The lowest BCUT2D eigenvalue weighted by Crippen LogP contribution is -2.28. The number of hydrogen-bond acceptors (Lipinski definition) is 4. The smallest absolute Gasteiger partial charge is 0.417 e. The molecule has 4 nitrogen and oxygen atoms in total. The van der Waals surface area contributed by atoms with Crippen molar-refractivity contribution in [2.75, 3.05) is 7.11 Å². The predicted molar refractivity (Wildman–Crippen MR) is 88.5 cm³/mol. The molecule has 0 aliphatic rings. The summed E-state index contributed by atoms with van der Waals surface area (Å²) < 4.78 is 43.7. The third-order valence-corrected chi connectivity index (χ3v) is 4.25. The highest BCUT2D eigenvalue weighted by atomic mass is 35.5. The molecule has 2 rings (SSSR count). The maximum Gasteiger partial charge on any atom is 0.417 e. The van der Waals surface area contributed by atoms with Crippen LogP contribution in [0.3, 0.4) is 0 Å². The Labute approximate surface area is 153 Å². The number of nitrogens with zero attached hydrogens (tertiary/aromatic N) is 3. The first-order chi connectivity index (χ1) is 12.3. The molecule has 0 fully saturated rings. The fourth-order valence-electron chi connectivity index (χ4n) is 2.60. The number of halogens is 4. The number of nitriles is 2. The molecule has 2 aromatic rings. The first-order valence-corrected chi connectivity index (χ1v) is 7.82. The molecule has 0 aliphatic carbocycles. The zero-order chi connectivity index (χ0) is 19.4. The van der Waals surface area contributed by atoms with Gasteiger partial charge in [-0.3, -0.25) is 4.98 Å². The molecule has 0 saturated heterocycles. The molecule has 0 spiro atoms. The molecule has 1 atom stereocenters. The van der Waals surface area contributed by atoms with Gasteiger partial charge in [-0.25, -0.2) is 0 Å². The molecule has 134 valence electrons. The highest BCUT2D eigenvalue weighted by molar-refractivity contribution is 6.31. The van der Waals surface area contributed by atoms with Gasteiger partial charge in [0, 0.05) is 12.6 Å². The highest BCUT2D eigenvalue weighted by Crippen LogP contribution is 2.41. The standard InChI is InChI=1S/C18H13ClF3N3O/c1-26-14-5-3-12(4-6-14)17(11-24,7-2-8-23)16-15(19)9-13(10-25-16)18(20,21)22/h3-6,9-10H,2,7H2,1H3/t17-/m1/s1. The first-order valence-electron chi connectivity index (χ1n) is 7.44. The minimum Gasteiger partial charge on any atom is -0.497 e. The first kappa shape index (κ1) is 19.6. The molecule has 1 heterocycles. The largest absolute Gasteiger partial charge is 0.497 e. The minimum atomic E-state index is -4.60. The molecule has 0 bridgehead atoms. The van der Waals surface area contributed by atoms with Gasteiger partial charge in [0.25, 0.3) is 0 Å². The number of methoxy groups -OCH3 is 1. The summed E-state index contributed by atoms with van der Waals surface area (Å²) in [6, 6.07) is 11.2. The number of hydrogen-bond donors (Lipinski definition) is 0. The van der Waals surface area contributed by atoms with E-state index >= 15 is 0 Å². The Balaban J connectivity index is 2.64. The molecule has 0 unspecified atom stereocenters. The summed E-state index contributed by atoms with van der Waals surface area (Å²) in [4.78, 5) is 3.84. The quantitative estimate of drug-likeness (QED) is 0.742. The molecule has 1 aromatic carbocycles. The van der Waals surface area contributed by atoms with Gasteiger partial charge >= 0.3 is 6.18 Å².